The van der Waals surface area contributed by atoms with Crippen LogP contribution >= 0.6 is 79.6 Å². The third-order valence-corrected chi connectivity index (χ3v) is 29.1. The number of unbranched alkanes of at least 4 members (excludes halogenated alkanes) is 20. The first kappa shape index (κ1) is 91.5. The van der Waals surface area contributed by atoms with Gasteiger partial charge in [0.1, 0.15) is 0 Å². The van der Waals surface area contributed by atoms with Crippen molar-refractivity contribution in [2.24, 2.45) is 0 Å². The number of hydrogen-bond acceptors (Lipinski definition) is 2. The molecule has 0 radical (unpaired) electrons. The van der Waals surface area contributed by atoms with Crippen LogP contribution in [0.25, 0.3) is 71.6 Å². The molecule has 0 aliphatic heterocycles. The van der Waals surface area contributed by atoms with Gasteiger partial charge in [-0.05, 0) is 274 Å². The first-order valence-corrected chi connectivity index (χ1v) is 50.5. The lowest BCUT2D eigenvalue weighted by Gasteiger charge is -2.33. The van der Waals surface area contributed by atoms with Crippen LogP contribution in [0.15, 0.2) is 277 Å². The number of halogens is 5. The monoisotopic (exact) mass is 1950 g/mol. The highest BCUT2D eigenvalue weighted by atomic mass is 79.9. The second kappa shape index (κ2) is 42.2. The molecule has 9 heteroatoms. The maximum atomic E-state index is 3.94. The summed E-state index contributed by atoms with van der Waals surface area (Å²) in [6, 6.07) is 94.9. The molecule has 12 aromatic carbocycles. The Morgan fingerprint density at radius 1 is 0.268 bits per heavy atom. The fraction of sp³-hybridized carbons (Fsp3) is 0.368. The highest BCUT2D eigenvalue weighted by molar-refractivity contribution is 9.11. The summed E-state index contributed by atoms with van der Waals surface area (Å²) in [5.41, 5.74) is 28.1. The molecule has 0 amide bonds. The molecule has 2 heterocycles. The minimum atomic E-state index is 0.0184. The smallest absolute Gasteiger partial charge is 0.0547 e. The molecule has 2 aliphatic rings. The topological polar surface area (TPSA) is 27.2 Å². The Bertz CT molecular complexity index is 5700. The summed E-state index contributed by atoms with van der Waals surface area (Å²) in [6.07, 6.45) is 37.0. The first-order chi connectivity index (χ1) is 59.6. The molecule has 4 nitrogen and oxygen atoms in total. The van der Waals surface area contributed by atoms with E-state index in [1.165, 1.54) is 277 Å². The molecule has 0 saturated heterocycles. The summed E-state index contributed by atoms with van der Waals surface area (Å²) in [5.74, 6) is 0. The molecule has 0 spiro atoms. The molecule has 1 N–H and O–H groups in total. The summed E-state index contributed by atoms with van der Waals surface area (Å²) in [7, 11) is 0. The van der Waals surface area contributed by atoms with E-state index in [1.807, 2.05) is 0 Å². The Labute approximate surface area is 778 Å². The maximum absolute atomic E-state index is 3.94. The summed E-state index contributed by atoms with van der Waals surface area (Å²) < 4.78 is 8.15. The minimum Gasteiger partial charge on any atom is -0.354 e. The van der Waals surface area contributed by atoms with Crippen LogP contribution in [0.2, 0.25) is 0 Å². The number of nitrogens with zero attached hydrogens (tertiary/aromatic N) is 3. The number of aromatic nitrogens is 2. The van der Waals surface area contributed by atoms with Gasteiger partial charge in [0.05, 0.1) is 11.0 Å². The predicted octanol–water partition coefficient (Wildman–Crippen LogP) is 38.7. The number of para-hydroxylation sites is 2. The molecule has 0 bridgehead atoms. The SMILES string of the molecule is CC(C)(C)c1ccc(N(c2ccc(Br)cc2)c2ccc(Br)cc2)cc1.CCCCCCCCC1(CCCCCCCC)c2cc(Br)ccc2-c2cc3[nH]c4ccccc4c3cc21.CCCCCCCCC1(CCCCCCCC)c2cc(Br)ccc2-c2cc3c(cc21)c1ccccc1n3-c1ccc(N(c2ccc(Br)cc2)c2ccc(C(C)(C)C)cc2)cc1. The van der Waals surface area contributed by atoms with Crippen molar-refractivity contribution < 1.29 is 0 Å². The van der Waals surface area contributed by atoms with Gasteiger partial charge in [0.15, 0.2) is 0 Å². The fourth-order valence-electron chi connectivity index (χ4n) is 19.8. The molecule has 2 aliphatic carbocycles. The molecule has 0 atom stereocenters. The first-order valence-electron chi connectivity index (χ1n) is 46.6. The van der Waals surface area contributed by atoms with Crippen molar-refractivity contribution in [2.75, 3.05) is 9.80 Å². The number of hydrogen-bond donors (Lipinski definition) is 1. The van der Waals surface area contributed by atoms with Crippen molar-refractivity contribution in [1.29, 1.82) is 0 Å². The van der Waals surface area contributed by atoms with Crippen LogP contribution in [0.5, 0.6) is 0 Å². The normalized spacial score (nSPS) is 13.1. The Kier molecular flexibility index (Phi) is 31.4. The lowest BCUT2D eigenvalue weighted by molar-refractivity contribution is 0.398. The second-order valence-electron chi connectivity index (χ2n) is 37.2. The van der Waals surface area contributed by atoms with Gasteiger partial charge >= 0.3 is 0 Å². The third-order valence-electron chi connectivity index (χ3n) is 26.5. The van der Waals surface area contributed by atoms with E-state index in [2.05, 4.69) is 423 Å². The zero-order chi connectivity index (χ0) is 86.3. The van der Waals surface area contributed by atoms with Crippen molar-refractivity contribution in [3.8, 4) is 27.9 Å². The molecule has 2 aromatic heterocycles. The molecule has 0 saturated carbocycles. The summed E-state index contributed by atoms with van der Waals surface area (Å²) in [6.45, 7) is 22.8. The van der Waals surface area contributed by atoms with Gasteiger partial charge in [-0.3, -0.25) is 0 Å². The lowest BCUT2D eigenvalue weighted by atomic mass is 9.70. The average molecular weight is 1950 g/mol. The molecule has 16 rings (SSSR count). The Balaban J connectivity index is 0.000000168. The quantitative estimate of drug-likeness (QED) is 0.0401. The number of anilines is 6. The lowest BCUT2D eigenvalue weighted by Crippen LogP contribution is -2.25. The molecule has 0 unspecified atom stereocenters. The van der Waals surface area contributed by atoms with E-state index < -0.39 is 0 Å². The van der Waals surface area contributed by atoms with Crippen molar-refractivity contribution in [1.82, 2.24) is 9.55 Å². The number of rotatable bonds is 35. The van der Waals surface area contributed by atoms with Crippen LogP contribution in [0, 0.1) is 0 Å². The van der Waals surface area contributed by atoms with E-state index in [-0.39, 0.29) is 21.7 Å². The van der Waals surface area contributed by atoms with Crippen molar-refractivity contribution in [2.45, 2.75) is 271 Å². The standard InChI is InChI=1S/C57H64Br2N2.C35H44BrN.C22H21Br2N/c1-6-8-10-12-14-18-36-57(37-19-15-13-11-9-7-2)52-38-43(59)26-35-48(52)50-40-55-51(39-53(50)57)49-20-16-17-21-54(49)61(55)47-33-31-46(32-34-47)60(45-29-24-42(58)25-30-45)44-27-22-41(23-28-44)56(3,4)5;1-3-5-7-9-11-15-21-35(22-16-12-10-8-6-4-2)31-23-26(36)19-20-27(31)29-25-34-30(24-32(29)35)28-17-13-14-18-33(28)37-34;1-22(2,3)16-4-10-19(11-5-16)25(20-12-6-17(23)7-13-20)21-14-8-18(24)9-15-21/h16-17,20-35,38-40H,6-15,18-19,36-37H2,1-5H3;13-14,17-20,23-25,37H,3-12,15-16,21-22H2,1-2H3;4-15H,1-3H3. The van der Waals surface area contributed by atoms with Gasteiger partial charge in [-0.25, -0.2) is 0 Å². The van der Waals surface area contributed by atoms with Crippen LogP contribution in [-0.2, 0) is 21.7 Å². The summed E-state index contributed by atoms with van der Waals surface area (Å²) in [5, 5.41) is 5.42. The van der Waals surface area contributed by atoms with Gasteiger partial charge < -0.3 is 19.4 Å². The minimum absolute atomic E-state index is 0.0184. The number of fused-ring (bicyclic) bond motifs is 12. The van der Waals surface area contributed by atoms with Gasteiger partial charge in [0.2, 0.25) is 0 Å². The molecular weight excluding hydrogens is 1820 g/mol. The Hall–Kier alpha value is -7.76. The molecule has 123 heavy (non-hydrogen) atoms. The van der Waals surface area contributed by atoms with Crippen LogP contribution in [0.4, 0.5) is 34.1 Å². The number of nitrogens with one attached hydrogen (secondary N) is 1. The average Bonchev–Trinajstić information content (AvgIpc) is 1.55. The highest BCUT2D eigenvalue weighted by Crippen LogP contribution is 2.59. The number of H-pyrrole nitrogens is 1. The molecular formula is C114H129Br5N4. The third kappa shape index (κ3) is 21.3. The number of benzene rings is 12. The van der Waals surface area contributed by atoms with E-state index in [9.17, 15) is 0 Å². The van der Waals surface area contributed by atoms with Crippen LogP contribution in [0.3, 0.4) is 0 Å². The molecule has 0 fully saturated rings. The van der Waals surface area contributed by atoms with Gasteiger partial charge in [0.25, 0.3) is 0 Å². The van der Waals surface area contributed by atoms with Crippen molar-refractivity contribution >= 4 is 157 Å². The zero-order valence-electron chi connectivity index (χ0n) is 74.8. The molecule has 640 valence electrons. The van der Waals surface area contributed by atoms with Gasteiger partial charge in [-0.1, -0.05) is 376 Å². The van der Waals surface area contributed by atoms with Crippen LogP contribution < -0.4 is 9.80 Å². The van der Waals surface area contributed by atoms with Crippen molar-refractivity contribution in [3.63, 3.8) is 0 Å². The fourth-order valence-corrected chi connectivity index (χ4v) is 21.3. The van der Waals surface area contributed by atoms with E-state index in [0.29, 0.717) is 0 Å². The Morgan fingerprint density at radius 3 is 0.976 bits per heavy atom. The van der Waals surface area contributed by atoms with Crippen LogP contribution in [0.1, 0.15) is 282 Å². The van der Waals surface area contributed by atoms with E-state index in [4.69, 9.17) is 0 Å². The Morgan fingerprint density at radius 2 is 0.585 bits per heavy atom. The number of aromatic amines is 1. The summed E-state index contributed by atoms with van der Waals surface area (Å²) in [4.78, 5) is 8.35. The highest BCUT2D eigenvalue weighted by Gasteiger charge is 2.45. The van der Waals surface area contributed by atoms with Crippen LogP contribution in [-0.4, -0.2) is 9.55 Å². The molecule has 14 aromatic rings. The van der Waals surface area contributed by atoms with Gasteiger partial charge in [-0.2, -0.15) is 0 Å². The second-order valence-corrected chi connectivity index (χ2v) is 41.8. The van der Waals surface area contributed by atoms with E-state index in [0.717, 1.165) is 47.5 Å². The van der Waals surface area contributed by atoms with E-state index >= 15 is 0 Å². The summed E-state index contributed by atoms with van der Waals surface area (Å²) >= 11 is 18.5. The zero-order valence-corrected chi connectivity index (χ0v) is 82.7. The van der Waals surface area contributed by atoms with Gasteiger partial charge in [0, 0.05) is 106 Å². The maximum Gasteiger partial charge on any atom is 0.0547 e. The largest absolute Gasteiger partial charge is 0.354 e. The predicted molar refractivity (Wildman–Crippen MR) is 553 cm³/mol. The van der Waals surface area contributed by atoms with Gasteiger partial charge in [-0.15, -0.1) is 0 Å². The van der Waals surface area contributed by atoms with E-state index in [1.54, 1.807) is 16.7 Å². The van der Waals surface area contributed by atoms with Crippen molar-refractivity contribution in [3.05, 3.63) is 311 Å².